The summed E-state index contributed by atoms with van der Waals surface area (Å²) in [5.74, 6) is -2.81. The van der Waals surface area contributed by atoms with Crippen molar-refractivity contribution >= 4 is 35.1 Å². The molecule has 1 aliphatic heterocycles. The first-order valence-electron chi connectivity index (χ1n) is 10.7. The lowest BCUT2D eigenvalue weighted by molar-refractivity contribution is -0.143. The van der Waals surface area contributed by atoms with Gasteiger partial charge in [0.15, 0.2) is 6.04 Å². The van der Waals surface area contributed by atoms with Crippen molar-refractivity contribution in [1.29, 1.82) is 0 Å². The molecule has 9 heteroatoms. The van der Waals surface area contributed by atoms with Gasteiger partial charge in [-0.3, -0.25) is 29.3 Å². The Labute approximate surface area is 191 Å². The summed E-state index contributed by atoms with van der Waals surface area (Å²) in [5.41, 5.74) is 1.66. The number of carboxylic acids is 1. The summed E-state index contributed by atoms with van der Waals surface area (Å²) in [6.45, 7) is 3.65. The van der Waals surface area contributed by atoms with E-state index in [1.54, 1.807) is 56.3 Å². The Kier molecular flexibility index (Phi) is 7.66. The molecule has 9 nitrogen and oxygen atoms in total. The zero-order chi connectivity index (χ0) is 24.0. The highest BCUT2D eigenvalue weighted by Crippen LogP contribution is 2.21. The topological polar surface area (TPSA) is 129 Å². The Morgan fingerprint density at radius 1 is 1.18 bits per heavy atom. The van der Waals surface area contributed by atoms with Crippen molar-refractivity contribution in [2.24, 2.45) is 10.9 Å². The van der Waals surface area contributed by atoms with Gasteiger partial charge in [0.05, 0.1) is 5.69 Å². The highest BCUT2D eigenvalue weighted by Gasteiger charge is 2.32. The molecule has 0 unspecified atom stereocenters. The van der Waals surface area contributed by atoms with Gasteiger partial charge in [-0.1, -0.05) is 31.2 Å². The molecular formula is C24H26N4O5. The fourth-order valence-corrected chi connectivity index (χ4v) is 3.70. The number of nitrogens with one attached hydrogen (secondary N) is 1. The average Bonchev–Trinajstić information content (AvgIpc) is 3.23. The van der Waals surface area contributed by atoms with E-state index in [0.717, 1.165) is 0 Å². The van der Waals surface area contributed by atoms with Crippen LogP contribution in [0.15, 0.2) is 53.7 Å². The van der Waals surface area contributed by atoms with E-state index in [2.05, 4.69) is 15.3 Å². The molecular weight excluding hydrogens is 424 g/mol. The van der Waals surface area contributed by atoms with E-state index in [1.807, 2.05) is 0 Å². The van der Waals surface area contributed by atoms with E-state index in [0.29, 0.717) is 36.3 Å². The summed E-state index contributed by atoms with van der Waals surface area (Å²) in [6.07, 6.45) is 2.38. The number of hydrogen-bond acceptors (Lipinski definition) is 6. The quantitative estimate of drug-likeness (QED) is 0.595. The SMILES string of the molecule is CC(=N[C@@H](C(=O)O)[C@H](C)CC(=O)N1CCCC1=O)c1ccccc1NC(=O)c1ccccn1. The van der Waals surface area contributed by atoms with Crippen LogP contribution in [0.5, 0.6) is 0 Å². The second kappa shape index (κ2) is 10.6. The number of carboxylic acid groups (broad SMARTS) is 1. The first-order chi connectivity index (χ1) is 15.8. The number of aliphatic carboxylic acids is 1. The highest BCUT2D eigenvalue weighted by molar-refractivity contribution is 6.10. The number of amides is 3. The third-order valence-electron chi connectivity index (χ3n) is 5.46. The number of para-hydroxylation sites is 1. The van der Waals surface area contributed by atoms with E-state index in [-0.39, 0.29) is 23.9 Å². The summed E-state index contributed by atoms with van der Waals surface area (Å²) >= 11 is 0. The van der Waals surface area contributed by atoms with Crippen LogP contribution in [-0.2, 0) is 14.4 Å². The summed E-state index contributed by atoms with van der Waals surface area (Å²) < 4.78 is 0. The van der Waals surface area contributed by atoms with Gasteiger partial charge in [0.25, 0.3) is 5.91 Å². The Balaban J connectivity index is 1.79. The molecule has 0 bridgehead atoms. The van der Waals surface area contributed by atoms with Crippen LogP contribution in [0.4, 0.5) is 5.69 Å². The first kappa shape index (κ1) is 23.8. The average molecular weight is 450 g/mol. The Bertz CT molecular complexity index is 1080. The molecule has 1 aromatic carbocycles. The number of rotatable bonds is 8. The molecule has 2 atom stereocenters. The van der Waals surface area contributed by atoms with E-state index >= 15 is 0 Å². The van der Waals surface area contributed by atoms with Crippen LogP contribution in [0.3, 0.4) is 0 Å². The zero-order valence-electron chi connectivity index (χ0n) is 18.5. The van der Waals surface area contributed by atoms with Crippen LogP contribution in [0.25, 0.3) is 0 Å². The summed E-state index contributed by atoms with van der Waals surface area (Å²) in [6, 6.07) is 10.7. The largest absolute Gasteiger partial charge is 0.480 e. The molecule has 2 N–H and O–H groups in total. The molecule has 0 saturated carbocycles. The molecule has 0 radical (unpaired) electrons. The standard InChI is InChI=1S/C24H26N4O5/c1-15(14-21(30)28-13-7-11-20(28)29)22(24(32)33)26-16(2)17-8-3-4-9-18(17)27-23(31)19-10-5-6-12-25-19/h3-6,8-10,12,15,22H,7,11,13-14H2,1-2H3,(H,27,31)(H,32,33)/t15-,22-/m1/s1. The minimum absolute atomic E-state index is 0.0997. The van der Waals surface area contributed by atoms with Crippen LogP contribution >= 0.6 is 0 Å². The molecule has 2 aromatic rings. The van der Waals surface area contributed by atoms with Gasteiger partial charge in [0.2, 0.25) is 11.8 Å². The molecule has 1 fully saturated rings. The minimum atomic E-state index is -1.19. The van der Waals surface area contributed by atoms with E-state index in [1.165, 1.54) is 11.1 Å². The van der Waals surface area contributed by atoms with Gasteiger partial charge in [-0.05, 0) is 37.5 Å². The summed E-state index contributed by atoms with van der Waals surface area (Å²) in [5, 5.41) is 12.5. The normalized spacial score (nSPS) is 15.8. The Hall–Kier alpha value is -3.88. The number of aromatic nitrogens is 1. The van der Waals surface area contributed by atoms with Gasteiger partial charge in [-0.15, -0.1) is 0 Å². The second-order valence-corrected chi connectivity index (χ2v) is 7.94. The molecule has 3 amide bonds. The van der Waals surface area contributed by atoms with Crippen molar-refractivity contribution in [3.8, 4) is 0 Å². The van der Waals surface area contributed by atoms with E-state index in [9.17, 15) is 24.3 Å². The molecule has 1 aliphatic rings. The Morgan fingerprint density at radius 2 is 1.91 bits per heavy atom. The van der Waals surface area contributed by atoms with Crippen molar-refractivity contribution < 1.29 is 24.3 Å². The van der Waals surface area contributed by atoms with Gasteiger partial charge < -0.3 is 10.4 Å². The summed E-state index contributed by atoms with van der Waals surface area (Å²) in [7, 11) is 0. The molecule has 172 valence electrons. The molecule has 1 saturated heterocycles. The van der Waals surface area contributed by atoms with Gasteiger partial charge in [0.1, 0.15) is 5.69 Å². The molecule has 3 rings (SSSR count). The lowest BCUT2D eigenvalue weighted by Crippen LogP contribution is -2.36. The fourth-order valence-electron chi connectivity index (χ4n) is 3.70. The molecule has 0 spiro atoms. The number of likely N-dealkylation sites (tertiary alicyclic amines) is 1. The zero-order valence-corrected chi connectivity index (χ0v) is 18.5. The predicted molar refractivity (Wildman–Crippen MR) is 122 cm³/mol. The maximum absolute atomic E-state index is 12.5. The number of imide groups is 1. The Morgan fingerprint density at radius 3 is 2.55 bits per heavy atom. The van der Waals surface area contributed by atoms with E-state index < -0.39 is 23.8 Å². The monoisotopic (exact) mass is 450 g/mol. The molecule has 33 heavy (non-hydrogen) atoms. The van der Waals surface area contributed by atoms with Crippen molar-refractivity contribution in [2.75, 3.05) is 11.9 Å². The fraction of sp³-hybridized carbons (Fsp3) is 0.333. The number of hydrogen-bond donors (Lipinski definition) is 2. The van der Waals surface area contributed by atoms with Crippen LogP contribution in [-0.4, -0.2) is 57.0 Å². The van der Waals surface area contributed by atoms with Gasteiger partial charge >= 0.3 is 5.97 Å². The van der Waals surface area contributed by atoms with Gasteiger partial charge in [-0.25, -0.2) is 4.79 Å². The van der Waals surface area contributed by atoms with Gasteiger partial charge in [0, 0.05) is 36.9 Å². The van der Waals surface area contributed by atoms with Crippen molar-refractivity contribution in [2.45, 2.75) is 39.2 Å². The lowest BCUT2D eigenvalue weighted by Gasteiger charge is -2.20. The van der Waals surface area contributed by atoms with Crippen LogP contribution in [0, 0.1) is 5.92 Å². The number of nitrogens with zero attached hydrogens (tertiary/aromatic N) is 3. The van der Waals surface area contributed by atoms with E-state index in [4.69, 9.17) is 0 Å². The van der Waals surface area contributed by atoms with Crippen LogP contribution in [0.2, 0.25) is 0 Å². The minimum Gasteiger partial charge on any atom is -0.480 e. The number of carbonyl (C=O) groups excluding carboxylic acids is 3. The number of carbonyl (C=O) groups is 4. The maximum Gasteiger partial charge on any atom is 0.328 e. The van der Waals surface area contributed by atoms with Crippen molar-refractivity contribution in [3.05, 3.63) is 59.9 Å². The van der Waals surface area contributed by atoms with Crippen LogP contribution < -0.4 is 5.32 Å². The van der Waals surface area contributed by atoms with Gasteiger partial charge in [-0.2, -0.15) is 0 Å². The third-order valence-corrected chi connectivity index (χ3v) is 5.46. The molecule has 1 aromatic heterocycles. The smallest absolute Gasteiger partial charge is 0.328 e. The maximum atomic E-state index is 12.5. The lowest BCUT2D eigenvalue weighted by atomic mass is 9.97. The number of anilines is 1. The van der Waals surface area contributed by atoms with Crippen molar-refractivity contribution in [3.63, 3.8) is 0 Å². The summed E-state index contributed by atoms with van der Waals surface area (Å²) in [4.78, 5) is 58.4. The third kappa shape index (κ3) is 5.88. The molecule has 2 heterocycles. The highest BCUT2D eigenvalue weighted by atomic mass is 16.4. The number of pyridine rings is 1. The predicted octanol–water partition coefficient (Wildman–Crippen LogP) is 2.77. The second-order valence-electron chi connectivity index (χ2n) is 7.94. The van der Waals surface area contributed by atoms with Crippen LogP contribution in [0.1, 0.15) is 49.2 Å². The van der Waals surface area contributed by atoms with Crippen molar-refractivity contribution in [1.82, 2.24) is 9.88 Å². The number of benzene rings is 1. The number of aliphatic imine (C=N–C) groups is 1. The first-order valence-corrected chi connectivity index (χ1v) is 10.7. The molecule has 0 aliphatic carbocycles.